The highest BCUT2D eigenvalue weighted by Crippen LogP contribution is 2.18. The molecule has 0 heterocycles. The lowest BCUT2D eigenvalue weighted by Crippen LogP contribution is -2.39. The van der Waals surface area contributed by atoms with Gasteiger partial charge in [-0.15, -0.1) is 24.0 Å². The molecule has 21 heavy (non-hydrogen) atoms. The average molecular weight is 402 g/mol. The van der Waals surface area contributed by atoms with Gasteiger partial charge in [-0.2, -0.15) is 0 Å². The van der Waals surface area contributed by atoms with Crippen LogP contribution in [-0.4, -0.2) is 32.1 Å². The van der Waals surface area contributed by atoms with Crippen molar-refractivity contribution >= 4 is 35.6 Å². The van der Waals surface area contributed by atoms with Crippen LogP contribution in [0.4, 0.5) is 5.69 Å². The normalized spacial score (nSPS) is 10.7. The van der Waals surface area contributed by atoms with Gasteiger partial charge in [0.2, 0.25) is 0 Å². The van der Waals surface area contributed by atoms with E-state index in [4.69, 9.17) is 5.73 Å². The number of rotatable bonds is 7. The van der Waals surface area contributed by atoms with E-state index in [1.165, 1.54) is 11.3 Å². The molecule has 0 aliphatic rings. The predicted molar refractivity (Wildman–Crippen MR) is 104 cm³/mol. The lowest BCUT2D eigenvalue weighted by Gasteiger charge is -2.25. The second-order valence-electron chi connectivity index (χ2n) is 4.95. The van der Waals surface area contributed by atoms with Gasteiger partial charge in [-0.3, -0.25) is 0 Å². The molecule has 5 heteroatoms. The zero-order valence-corrected chi connectivity index (χ0v) is 15.6. The van der Waals surface area contributed by atoms with Gasteiger partial charge in [-0.1, -0.05) is 30.4 Å². The topological polar surface area (TPSA) is 53.6 Å². The van der Waals surface area contributed by atoms with Gasteiger partial charge in [0.1, 0.15) is 0 Å². The van der Waals surface area contributed by atoms with E-state index in [0.717, 1.165) is 25.2 Å². The van der Waals surface area contributed by atoms with E-state index >= 15 is 0 Å². The van der Waals surface area contributed by atoms with Crippen LogP contribution < -0.4 is 16.0 Å². The summed E-state index contributed by atoms with van der Waals surface area (Å²) < 4.78 is 0. The first kappa shape index (κ1) is 19.8. The summed E-state index contributed by atoms with van der Waals surface area (Å²) in [4.78, 5) is 6.53. The summed E-state index contributed by atoms with van der Waals surface area (Å²) in [5.41, 5.74) is 9.36. The number of anilines is 1. The van der Waals surface area contributed by atoms with E-state index in [-0.39, 0.29) is 24.0 Å². The highest BCUT2D eigenvalue weighted by Gasteiger charge is 2.06. The molecule has 118 valence electrons. The highest BCUT2D eigenvalue weighted by atomic mass is 127. The molecule has 0 aliphatic heterocycles. The van der Waals surface area contributed by atoms with Crippen molar-refractivity contribution in [3.8, 4) is 0 Å². The molecule has 0 saturated carbocycles. The number of benzene rings is 1. The fourth-order valence-corrected chi connectivity index (χ4v) is 1.96. The number of nitrogens with one attached hydrogen (secondary N) is 1. The molecule has 0 spiro atoms. The van der Waals surface area contributed by atoms with Crippen LogP contribution >= 0.6 is 24.0 Å². The van der Waals surface area contributed by atoms with Crippen molar-refractivity contribution in [3.63, 3.8) is 0 Å². The Labute approximate surface area is 145 Å². The zero-order chi connectivity index (χ0) is 15.0. The fraction of sp³-hybridized carbons (Fsp3) is 0.438. The van der Waals surface area contributed by atoms with Crippen LogP contribution in [0.25, 0.3) is 0 Å². The first-order valence-corrected chi connectivity index (χ1v) is 7.03. The van der Waals surface area contributed by atoms with Gasteiger partial charge in [0, 0.05) is 25.3 Å². The average Bonchev–Trinajstić information content (AvgIpc) is 2.42. The molecule has 4 nitrogen and oxygen atoms in total. The first-order valence-electron chi connectivity index (χ1n) is 7.03. The van der Waals surface area contributed by atoms with Crippen molar-refractivity contribution in [2.45, 2.75) is 20.8 Å². The minimum Gasteiger partial charge on any atom is -0.370 e. The molecule has 1 aromatic rings. The molecule has 0 aromatic heterocycles. The summed E-state index contributed by atoms with van der Waals surface area (Å²) in [5, 5.41) is 3.14. The van der Waals surface area contributed by atoms with E-state index < -0.39 is 0 Å². The maximum atomic E-state index is 5.80. The Morgan fingerprint density at radius 1 is 1.38 bits per heavy atom. The van der Waals surface area contributed by atoms with Crippen molar-refractivity contribution in [1.82, 2.24) is 5.32 Å². The second kappa shape index (κ2) is 10.5. The molecule has 1 aromatic carbocycles. The minimum absolute atomic E-state index is 0. The maximum absolute atomic E-state index is 5.80. The number of nitrogens with two attached hydrogens (primary N) is 1. The first-order chi connectivity index (χ1) is 9.54. The van der Waals surface area contributed by atoms with Gasteiger partial charge in [0.05, 0.1) is 6.54 Å². The SMILES string of the molecule is C=C(C)CN=C(N)NCCN(CC)c1ccccc1C.I. The number of nitrogens with zero attached hydrogens (tertiary/aromatic N) is 2. The Balaban J connectivity index is 0.00000400. The number of guanidine groups is 1. The Kier molecular flexibility index (Phi) is 9.86. The molecular weight excluding hydrogens is 375 g/mol. The molecule has 0 radical (unpaired) electrons. The van der Waals surface area contributed by atoms with Gasteiger partial charge in [0.15, 0.2) is 5.96 Å². The smallest absolute Gasteiger partial charge is 0.188 e. The van der Waals surface area contributed by atoms with Crippen molar-refractivity contribution in [2.75, 3.05) is 31.1 Å². The lowest BCUT2D eigenvalue weighted by atomic mass is 10.2. The third-order valence-electron chi connectivity index (χ3n) is 3.05. The Morgan fingerprint density at radius 2 is 2.05 bits per heavy atom. The van der Waals surface area contributed by atoms with Crippen molar-refractivity contribution < 1.29 is 0 Å². The van der Waals surface area contributed by atoms with E-state index in [1.54, 1.807) is 0 Å². The van der Waals surface area contributed by atoms with Gasteiger partial charge >= 0.3 is 0 Å². The number of likely N-dealkylation sites (N-methyl/N-ethyl adjacent to an activating group) is 1. The Morgan fingerprint density at radius 3 is 2.62 bits per heavy atom. The van der Waals surface area contributed by atoms with Crippen molar-refractivity contribution in [2.24, 2.45) is 10.7 Å². The standard InChI is InChI=1S/C16H26N4.HI/c1-5-20(15-9-7-6-8-14(15)4)11-10-18-16(17)19-12-13(2)3;/h6-9H,2,5,10-12H2,1,3-4H3,(H3,17,18,19);1H. The molecule has 1 rings (SSSR count). The zero-order valence-electron chi connectivity index (χ0n) is 13.2. The monoisotopic (exact) mass is 402 g/mol. The predicted octanol–water partition coefficient (Wildman–Crippen LogP) is 2.92. The number of halogens is 1. The number of para-hydroxylation sites is 1. The summed E-state index contributed by atoms with van der Waals surface area (Å²) in [6.07, 6.45) is 0. The summed E-state index contributed by atoms with van der Waals surface area (Å²) in [6, 6.07) is 8.42. The molecule has 3 N–H and O–H groups in total. The molecule has 0 unspecified atom stereocenters. The van der Waals surface area contributed by atoms with Crippen LogP contribution in [-0.2, 0) is 0 Å². The van der Waals surface area contributed by atoms with Crippen LogP contribution in [0.15, 0.2) is 41.4 Å². The van der Waals surface area contributed by atoms with E-state index in [1.807, 2.05) is 6.92 Å². The van der Waals surface area contributed by atoms with Gasteiger partial charge in [-0.25, -0.2) is 4.99 Å². The largest absolute Gasteiger partial charge is 0.370 e. The number of hydrogen-bond donors (Lipinski definition) is 2. The van der Waals surface area contributed by atoms with Crippen LogP contribution in [0.1, 0.15) is 19.4 Å². The van der Waals surface area contributed by atoms with Crippen molar-refractivity contribution in [3.05, 3.63) is 42.0 Å². The third-order valence-corrected chi connectivity index (χ3v) is 3.05. The molecule has 0 bridgehead atoms. The molecule has 0 saturated heterocycles. The Bertz CT molecular complexity index is 471. The number of aliphatic imine (C=N–C) groups is 1. The highest BCUT2D eigenvalue weighted by molar-refractivity contribution is 14.0. The maximum Gasteiger partial charge on any atom is 0.188 e. The molecule has 0 fully saturated rings. The number of hydrogen-bond acceptors (Lipinski definition) is 2. The van der Waals surface area contributed by atoms with Crippen LogP contribution in [0, 0.1) is 6.92 Å². The van der Waals surface area contributed by atoms with E-state index in [2.05, 4.69) is 59.9 Å². The quantitative estimate of drug-likeness (QED) is 0.319. The summed E-state index contributed by atoms with van der Waals surface area (Å²) in [6.45, 7) is 13.2. The van der Waals surface area contributed by atoms with Crippen LogP contribution in [0.5, 0.6) is 0 Å². The third kappa shape index (κ3) is 7.36. The van der Waals surface area contributed by atoms with Gasteiger partial charge < -0.3 is 16.0 Å². The summed E-state index contributed by atoms with van der Waals surface area (Å²) in [5.74, 6) is 0.480. The summed E-state index contributed by atoms with van der Waals surface area (Å²) in [7, 11) is 0. The number of aryl methyl sites for hydroxylation is 1. The Hall–Kier alpha value is -1.24. The van der Waals surface area contributed by atoms with E-state index in [9.17, 15) is 0 Å². The van der Waals surface area contributed by atoms with Gasteiger partial charge in [0.25, 0.3) is 0 Å². The molecule has 0 amide bonds. The van der Waals surface area contributed by atoms with Crippen molar-refractivity contribution in [1.29, 1.82) is 0 Å². The van der Waals surface area contributed by atoms with E-state index in [0.29, 0.717) is 12.5 Å². The molecular formula is C16H27IN4. The fourth-order valence-electron chi connectivity index (χ4n) is 1.96. The summed E-state index contributed by atoms with van der Waals surface area (Å²) >= 11 is 0. The molecule has 0 aliphatic carbocycles. The lowest BCUT2D eigenvalue weighted by molar-refractivity contribution is 0.769. The van der Waals surface area contributed by atoms with Crippen LogP contribution in [0.3, 0.4) is 0 Å². The van der Waals surface area contributed by atoms with Gasteiger partial charge in [-0.05, 0) is 32.4 Å². The minimum atomic E-state index is 0. The molecule has 0 atom stereocenters. The second-order valence-corrected chi connectivity index (χ2v) is 4.95. The van der Waals surface area contributed by atoms with Crippen LogP contribution in [0.2, 0.25) is 0 Å².